The Morgan fingerprint density at radius 3 is 1.48 bits per heavy atom. The van der Waals surface area contributed by atoms with Crippen molar-refractivity contribution in [1.29, 1.82) is 0 Å². The van der Waals surface area contributed by atoms with Crippen LogP contribution in [0.2, 0.25) is 0 Å². The Hall–Kier alpha value is -6.90. The van der Waals surface area contributed by atoms with E-state index in [0.717, 1.165) is 42.7 Å². The highest BCUT2D eigenvalue weighted by atomic mass is 15.2. The molecule has 2 heteroatoms. The van der Waals surface area contributed by atoms with Crippen molar-refractivity contribution in [2.75, 3.05) is 9.80 Å². The summed E-state index contributed by atoms with van der Waals surface area (Å²) < 4.78 is 0. The Morgan fingerprint density at radius 2 is 0.911 bits per heavy atom. The molecule has 0 amide bonds. The summed E-state index contributed by atoms with van der Waals surface area (Å²) in [5.41, 5.74) is 12.4. The van der Waals surface area contributed by atoms with Gasteiger partial charge in [0.1, 0.15) is 0 Å². The standard InChI is InChI=1S/C54H42N2/c1-5-13-45-35-51(31-23-41(45)9-1)55(52-32-24-42-10-2-6-14-46(42)36-52)49-27-19-39(20-28-49)17-18-40-21-29-50(30-22-40)56(53-33-25-43-11-3-7-15-47(43)37-53)54-34-26-44-12-4-8-16-48(44)38-54/h1-7,9-15,17-21,23-29,31-38H,8,16,22,30H2/b18-17+. The van der Waals surface area contributed by atoms with Gasteiger partial charge in [0.05, 0.1) is 0 Å². The second kappa shape index (κ2) is 14.7. The number of aryl methyl sites for hydroxylation is 1. The molecule has 0 aromatic heterocycles. The second-order valence-corrected chi connectivity index (χ2v) is 14.9. The maximum Gasteiger partial charge on any atom is 0.0468 e. The molecule has 0 saturated carbocycles. The molecule has 56 heavy (non-hydrogen) atoms. The Balaban J connectivity index is 0.943. The molecule has 0 bridgehead atoms. The summed E-state index contributed by atoms with van der Waals surface area (Å²) in [5.74, 6) is 0. The molecule has 0 aliphatic heterocycles. The SMILES string of the molecule is C1=Cc2ccc(N(C3=CC=C(/C=C/c4ccc(N(c5ccc6ccccc6c5)c5ccc6ccccc6c5)cc4)CC3)c3ccc4ccccc4c3)cc2CC1. The number of allylic oxidation sites excluding steroid dienone is 6. The van der Waals surface area contributed by atoms with E-state index in [1.54, 1.807) is 0 Å². The van der Waals surface area contributed by atoms with Gasteiger partial charge in [-0.25, -0.2) is 0 Å². The summed E-state index contributed by atoms with van der Waals surface area (Å²) in [4.78, 5) is 4.83. The molecular formula is C54H42N2. The van der Waals surface area contributed by atoms with Gasteiger partial charge in [-0.3, -0.25) is 0 Å². The maximum atomic E-state index is 2.47. The van der Waals surface area contributed by atoms with Gasteiger partial charge in [-0.2, -0.15) is 0 Å². The lowest BCUT2D eigenvalue weighted by Gasteiger charge is -2.30. The largest absolute Gasteiger partial charge is 0.314 e. The zero-order valence-electron chi connectivity index (χ0n) is 31.4. The first-order chi connectivity index (χ1) is 27.7. The molecule has 2 nitrogen and oxygen atoms in total. The minimum atomic E-state index is 0.964. The molecule has 8 aromatic rings. The average Bonchev–Trinajstić information content (AvgIpc) is 3.26. The summed E-state index contributed by atoms with van der Waals surface area (Å²) in [5, 5.41) is 7.47. The summed E-state index contributed by atoms with van der Waals surface area (Å²) in [7, 11) is 0. The molecule has 2 aliphatic rings. The Bertz CT molecular complexity index is 2790. The van der Waals surface area contributed by atoms with Crippen molar-refractivity contribution in [2.45, 2.75) is 25.7 Å². The Kier molecular flexibility index (Phi) is 8.85. The fraction of sp³-hybridized carbons (Fsp3) is 0.0741. The quantitative estimate of drug-likeness (QED) is 0.154. The molecule has 0 fully saturated rings. The van der Waals surface area contributed by atoms with E-state index in [-0.39, 0.29) is 0 Å². The molecule has 0 radical (unpaired) electrons. The van der Waals surface area contributed by atoms with Gasteiger partial charge >= 0.3 is 0 Å². The topological polar surface area (TPSA) is 6.48 Å². The average molecular weight is 719 g/mol. The van der Waals surface area contributed by atoms with Crippen LogP contribution in [0.3, 0.4) is 0 Å². The molecule has 0 atom stereocenters. The first-order valence-electron chi connectivity index (χ1n) is 19.8. The van der Waals surface area contributed by atoms with Crippen LogP contribution in [0.5, 0.6) is 0 Å². The Morgan fingerprint density at radius 1 is 0.393 bits per heavy atom. The highest BCUT2D eigenvalue weighted by Gasteiger charge is 2.19. The predicted molar refractivity (Wildman–Crippen MR) is 240 cm³/mol. The van der Waals surface area contributed by atoms with Crippen molar-refractivity contribution in [3.63, 3.8) is 0 Å². The maximum absolute atomic E-state index is 2.47. The molecule has 0 saturated heterocycles. The van der Waals surface area contributed by atoms with E-state index in [0.29, 0.717) is 0 Å². The fourth-order valence-corrected chi connectivity index (χ4v) is 8.34. The van der Waals surface area contributed by atoms with Gasteiger partial charge in [0.15, 0.2) is 0 Å². The van der Waals surface area contributed by atoms with E-state index in [1.165, 1.54) is 71.7 Å². The highest BCUT2D eigenvalue weighted by molar-refractivity contribution is 5.93. The van der Waals surface area contributed by atoms with E-state index < -0.39 is 0 Å². The lowest BCUT2D eigenvalue weighted by molar-refractivity contribution is 0.891. The third kappa shape index (κ3) is 6.71. The van der Waals surface area contributed by atoms with Crippen molar-refractivity contribution in [3.05, 3.63) is 222 Å². The number of hydrogen-bond donors (Lipinski definition) is 0. The molecular weight excluding hydrogens is 677 g/mol. The van der Waals surface area contributed by atoms with Crippen LogP contribution in [-0.4, -0.2) is 0 Å². The van der Waals surface area contributed by atoms with Crippen LogP contribution >= 0.6 is 0 Å². The normalized spacial score (nSPS) is 13.9. The van der Waals surface area contributed by atoms with Gasteiger partial charge < -0.3 is 9.80 Å². The van der Waals surface area contributed by atoms with Crippen LogP contribution < -0.4 is 9.80 Å². The smallest absolute Gasteiger partial charge is 0.0468 e. The predicted octanol–water partition coefficient (Wildman–Crippen LogP) is 15.0. The summed E-state index contributed by atoms with van der Waals surface area (Å²) in [6, 6.07) is 62.1. The molecule has 0 N–H and O–H groups in total. The van der Waals surface area contributed by atoms with Gasteiger partial charge in [-0.1, -0.05) is 140 Å². The van der Waals surface area contributed by atoms with Crippen LogP contribution in [0.15, 0.2) is 205 Å². The number of rotatable bonds is 8. The number of hydrogen-bond acceptors (Lipinski definition) is 2. The van der Waals surface area contributed by atoms with Crippen molar-refractivity contribution in [2.24, 2.45) is 0 Å². The van der Waals surface area contributed by atoms with Gasteiger partial charge in [0, 0.05) is 34.1 Å². The summed E-state index contributed by atoms with van der Waals surface area (Å²) in [6.07, 6.45) is 17.9. The zero-order valence-corrected chi connectivity index (χ0v) is 31.4. The number of anilines is 5. The first-order valence-corrected chi connectivity index (χ1v) is 19.8. The van der Waals surface area contributed by atoms with E-state index >= 15 is 0 Å². The van der Waals surface area contributed by atoms with Crippen LogP contribution in [0.25, 0.3) is 44.5 Å². The zero-order chi connectivity index (χ0) is 37.3. The van der Waals surface area contributed by atoms with Crippen LogP contribution in [0.4, 0.5) is 28.4 Å². The molecule has 2 aliphatic carbocycles. The van der Waals surface area contributed by atoms with Crippen LogP contribution in [0, 0.1) is 0 Å². The summed E-state index contributed by atoms with van der Waals surface area (Å²) in [6.45, 7) is 0. The Labute approximate surface area is 329 Å². The minimum Gasteiger partial charge on any atom is -0.314 e. The lowest BCUT2D eigenvalue weighted by Crippen LogP contribution is -2.18. The third-order valence-corrected chi connectivity index (χ3v) is 11.3. The molecule has 10 rings (SSSR count). The molecule has 8 aromatic carbocycles. The molecule has 0 heterocycles. The summed E-state index contributed by atoms with van der Waals surface area (Å²) >= 11 is 0. The monoisotopic (exact) mass is 718 g/mol. The van der Waals surface area contributed by atoms with Gasteiger partial charge in [0.25, 0.3) is 0 Å². The van der Waals surface area contributed by atoms with E-state index in [1.807, 2.05) is 0 Å². The second-order valence-electron chi connectivity index (χ2n) is 14.9. The van der Waals surface area contributed by atoms with Gasteiger partial charge in [-0.05, 0) is 147 Å². The number of benzene rings is 8. The van der Waals surface area contributed by atoms with Gasteiger partial charge in [0.2, 0.25) is 0 Å². The molecule has 268 valence electrons. The van der Waals surface area contributed by atoms with Crippen molar-refractivity contribution in [1.82, 2.24) is 0 Å². The van der Waals surface area contributed by atoms with Crippen LogP contribution in [-0.2, 0) is 6.42 Å². The molecule has 0 unspecified atom stereocenters. The van der Waals surface area contributed by atoms with Crippen molar-refractivity contribution < 1.29 is 0 Å². The fourth-order valence-electron chi connectivity index (χ4n) is 8.34. The van der Waals surface area contributed by atoms with Crippen LogP contribution in [0.1, 0.15) is 36.0 Å². The molecule has 0 spiro atoms. The number of nitrogens with zero attached hydrogens (tertiary/aromatic N) is 2. The minimum absolute atomic E-state index is 0.964. The highest BCUT2D eigenvalue weighted by Crippen LogP contribution is 2.39. The first kappa shape index (κ1) is 33.7. The third-order valence-electron chi connectivity index (χ3n) is 11.3. The van der Waals surface area contributed by atoms with E-state index in [9.17, 15) is 0 Å². The lowest BCUT2D eigenvalue weighted by atomic mass is 9.95. The van der Waals surface area contributed by atoms with Crippen molar-refractivity contribution >= 4 is 72.9 Å². The van der Waals surface area contributed by atoms with E-state index in [2.05, 4.69) is 216 Å². The van der Waals surface area contributed by atoms with Crippen molar-refractivity contribution in [3.8, 4) is 0 Å². The van der Waals surface area contributed by atoms with E-state index in [4.69, 9.17) is 0 Å². The van der Waals surface area contributed by atoms with Gasteiger partial charge in [-0.15, -0.1) is 0 Å². The number of fused-ring (bicyclic) bond motifs is 4.